The van der Waals surface area contributed by atoms with Gasteiger partial charge in [0.15, 0.2) is 29.3 Å². The van der Waals surface area contributed by atoms with Gasteiger partial charge < -0.3 is 18.8 Å². The van der Waals surface area contributed by atoms with Gasteiger partial charge in [-0.05, 0) is 30.2 Å². The van der Waals surface area contributed by atoms with Crippen molar-refractivity contribution >= 4 is 23.2 Å². The van der Waals surface area contributed by atoms with Crippen LogP contribution in [-0.2, 0) is 29.7 Å². The highest BCUT2D eigenvalue weighted by atomic mass is 16.5. The molecule has 0 aliphatic rings. The Morgan fingerprint density at radius 2 is 2.09 bits per heavy atom. The smallest absolute Gasteiger partial charge is 0.331 e. The van der Waals surface area contributed by atoms with Gasteiger partial charge in [-0.1, -0.05) is 19.4 Å². The molecule has 0 saturated carbocycles. The van der Waals surface area contributed by atoms with Crippen molar-refractivity contribution in [2.75, 3.05) is 13.7 Å². The number of benzene rings is 1. The fourth-order valence-electron chi connectivity index (χ4n) is 3.31. The van der Waals surface area contributed by atoms with E-state index in [1.165, 1.54) is 22.3 Å². The van der Waals surface area contributed by atoms with Crippen LogP contribution in [0.2, 0.25) is 0 Å². The predicted octanol–water partition coefficient (Wildman–Crippen LogP) is 1.89. The zero-order valence-corrected chi connectivity index (χ0v) is 19.2. The van der Waals surface area contributed by atoms with Crippen LogP contribution in [0.25, 0.3) is 17.2 Å². The number of nitrogens with one attached hydrogen (secondary N) is 1. The number of hydrogen-bond acceptors (Lipinski definition) is 8. The third-order valence-electron chi connectivity index (χ3n) is 5.08. The van der Waals surface area contributed by atoms with Crippen LogP contribution in [0.5, 0.6) is 11.5 Å². The normalized spacial score (nSPS) is 11.0. The summed E-state index contributed by atoms with van der Waals surface area (Å²) in [6.45, 7) is 2.13. The fourth-order valence-corrected chi connectivity index (χ4v) is 3.31. The summed E-state index contributed by atoms with van der Waals surface area (Å²) in [5, 5.41) is 8.64. The van der Waals surface area contributed by atoms with Gasteiger partial charge in [-0.25, -0.2) is 14.6 Å². The molecule has 11 heteroatoms. The number of aromatic nitrogens is 4. The first-order chi connectivity index (χ1) is 16.4. The molecule has 1 N–H and O–H groups in total. The van der Waals surface area contributed by atoms with E-state index in [1.807, 2.05) is 13.0 Å². The lowest BCUT2D eigenvalue weighted by Gasteiger charge is -2.08. The number of esters is 1. The Labute approximate surface area is 194 Å². The summed E-state index contributed by atoms with van der Waals surface area (Å²) in [6.07, 6.45) is 4.42. The topological polar surface area (TPSA) is 141 Å². The average Bonchev–Trinajstić information content (AvgIpc) is 3.16. The number of carbonyl (C=O) groups excluding carboxylic acids is 1. The maximum atomic E-state index is 12.3. The number of H-pyrrole nitrogens is 1. The Bertz CT molecular complexity index is 1380. The molecule has 1 aromatic carbocycles. The maximum Gasteiger partial charge on any atom is 0.331 e. The molecule has 2 aromatic heterocycles. The van der Waals surface area contributed by atoms with Gasteiger partial charge in [-0.2, -0.15) is 5.26 Å². The number of methoxy groups -OCH3 is 1. The average molecular weight is 467 g/mol. The summed E-state index contributed by atoms with van der Waals surface area (Å²) in [4.78, 5) is 43.5. The molecule has 178 valence electrons. The van der Waals surface area contributed by atoms with E-state index < -0.39 is 17.2 Å². The van der Waals surface area contributed by atoms with E-state index in [0.717, 1.165) is 12.8 Å². The Morgan fingerprint density at radius 1 is 1.29 bits per heavy atom. The molecule has 0 saturated heterocycles. The quantitative estimate of drug-likeness (QED) is 0.352. The van der Waals surface area contributed by atoms with Crippen LogP contribution < -0.4 is 20.7 Å². The SMILES string of the molecule is CCCCn1c(=O)[nH]c(=O)c2c1nc(COC(=O)C=Cc1ccc(OCC#N)c(OC)c1)n2C. The standard InChI is InChI=1S/C23H25N5O6/c1-4-5-11-28-21-20(22(30)26-23(28)31)27(2)18(25-21)14-34-19(29)9-7-15-6-8-16(33-12-10-24)17(13-15)32-3/h6-9,13H,4-5,11-12,14H2,1-3H3,(H,26,30,31). The number of nitriles is 1. The number of carbonyl (C=O) groups is 1. The van der Waals surface area contributed by atoms with Crippen LogP contribution in [-0.4, -0.2) is 38.8 Å². The number of aromatic amines is 1. The van der Waals surface area contributed by atoms with E-state index >= 15 is 0 Å². The molecule has 2 heterocycles. The van der Waals surface area contributed by atoms with Gasteiger partial charge in [-0.15, -0.1) is 0 Å². The van der Waals surface area contributed by atoms with Crippen LogP contribution in [0.3, 0.4) is 0 Å². The number of aryl methyl sites for hydroxylation is 2. The lowest BCUT2D eigenvalue weighted by atomic mass is 10.2. The number of rotatable bonds is 10. The van der Waals surface area contributed by atoms with Crippen molar-refractivity contribution in [2.45, 2.75) is 32.9 Å². The number of fused-ring (bicyclic) bond motifs is 1. The molecule has 0 amide bonds. The molecule has 0 bridgehead atoms. The Kier molecular flexibility index (Phi) is 7.87. The predicted molar refractivity (Wildman–Crippen MR) is 123 cm³/mol. The van der Waals surface area contributed by atoms with Gasteiger partial charge in [0.25, 0.3) is 5.56 Å². The number of ether oxygens (including phenoxy) is 3. The first-order valence-electron chi connectivity index (χ1n) is 10.6. The van der Waals surface area contributed by atoms with E-state index in [2.05, 4.69) is 9.97 Å². The molecule has 0 fully saturated rings. The maximum absolute atomic E-state index is 12.3. The largest absolute Gasteiger partial charge is 0.493 e. The van der Waals surface area contributed by atoms with Gasteiger partial charge in [0.05, 0.1) is 7.11 Å². The summed E-state index contributed by atoms with van der Waals surface area (Å²) in [6, 6.07) is 6.88. The highest BCUT2D eigenvalue weighted by Crippen LogP contribution is 2.28. The Morgan fingerprint density at radius 3 is 2.79 bits per heavy atom. The zero-order valence-electron chi connectivity index (χ0n) is 19.2. The van der Waals surface area contributed by atoms with Gasteiger partial charge >= 0.3 is 11.7 Å². The third-order valence-corrected chi connectivity index (χ3v) is 5.08. The molecule has 3 rings (SSSR count). The number of nitrogens with zero attached hydrogens (tertiary/aromatic N) is 4. The van der Waals surface area contributed by atoms with Crippen LogP contribution >= 0.6 is 0 Å². The molecule has 0 aliphatic carbocycles. The van der Waals surface area contributed by atoms with E-state index in [0.29, 0.717) is 29.4 Å². The minimum absolute atomic E-state index is 0.110. The number of hydrogen-bond donors (Lipinski definition) is 1. The van der Waals surface area contributed by atoms with Gasteiger partial charge in [0, 0.05) is 19.7 Å². The summed E-state index contributed by atoms with van der Waals surface area (Å²) in [7, 11) is 3.10. The van der Waals surface area contributed by atoms with Crippen molar-refractivity contribution in [3.8, 4) is 17.6 Å². The molecular formula is C23H25N5O6. The van der Waals surface area contributed by atoms with Crippen molar-refractivity contribution in [3.05, 3.63) is 56.5 Å². The van der Waals surface area contributed by atoms with Gasteiger partial charge in [0.2, 0.25) is 0 Å². The Hall–Kier alpha value is -4.33. The third kappa shape index (κ3) is 5.35. The minimum atomic E-state index is -0.617. The van der Waals surface area contributed by atoms with Crippen LogP contribution in [0.1, 0.15) is 31.2 Å². The monoisotopic (exact) mass is 467 g/mol. The molecule has 0 atom stereocenters. The van der Waals surface area contributed by atoms with Gasteiger partial charge in [-0.3, -0.25) is 14.3 Å². The summed E-state index contributed by atoms with van der Waals surface area (Å²) in [5.41, 5.74) is 0.0962. The van der Waals surface area contributed by atoms with Crippen molar-refractivity contribution in [1.29, 1.82) is 5.26 Å². The van der Waals surface area contributed by atoms with Crippen LogP contribution in [0.15, 0.2) is 33.9 Å². The van der Waals surface area contributed by atoms with E-state index in [9.17, 15) is 14.4 Å². The zero-order chi connectivity index (χ0) is 24.7. The highest BCUT2D eigenvalue weighted by Gasteiger charge is 2.17. The molecule has 3 aromatic rings. The number of imidazole rings is 1. The molecule has 11 nitrogen and oxygen atoms in total. The summed E-state index contributed by atoms with van der Waals surface area (Å²) >= 11 is 0. The van der Waals surface area contributed by atoms with Crippen molar-refractivity contribution < 1.29 is 19.0 Å². The first-order valence-corrected chi connectivity index (χ1v) is 10.6. The number of unbranched alkanes of at least 4 members (excludes halogenated alkanes) is 1. The molecule has 34 heavy (non-hydrogen) atoms. The first kappa shape index (κ1) is 24.3. The second-order valence-corrected chi connectivity index (χ2v) is 7.32. The van der Waals surface area contributed by atoms with Crippen molar-refractivity contribution in [2.24, 2.45) is 7.05 Å². The van der Waals surface area contributed by atoms with Gasteiger partial charge in [0.1, 0.15) is 18.5 Å². The lowest BCUT2D eigenvalue weighted by Crippen LogP contribution is -2.31. The van der Waals surface area contributed by atoms with Crippen LogP contribution in [0.4, 0.5) is 0 Å². The fraction of sp³-hybridized carbons (Fsp3) is 0.348. The summed E-state index contributed by atoms with van der Waals surface area (Å²) in [5.74, 6) is 0.551. The van der Waals surface area contributed by atoms with E-state index in [1.54, 1.807) is 31.3 Å². The molecule has 0 radical (unpaired) electrons. The lowest BCUT2D eigenvalue weighted by molar-refractivity contribution is -0.139. The molecule has 0 spiro atoms. The van der Waals surface area contributed by atoms with Crippen molar-refractivity contribution in [1.82, 2.24) is 19.1 Å². The van der Waals surface area contributed by atoms with E-state index in [4.69, 9.17) is 19.5 Å². The second-order valence-electron chi connectivity index (χ2n) is 7.32. The molecule has 0 aliphatic heterocycles. The second kappa shape index (κ2) is 11.0. The minimum Gasteiger partial charge on any atom is -0.493 e. The molecule has 0 unspecified atom stereocenters. The van der Waals surface area contributed by atoms with Crippen molar-refractivity contribution in [3.63, 3.8) is 0 Å². The highest BCUT2D eigenvalue weighted by molar-refractivity contribution is 5.87. The summed E-state index contributed by atoms with van der Waals surface area (Å²) < 4.78 is 18.7. The Balaban J connectivity index is 1.74. The van der Waals surface area contributed by atoms with E-state index in [-0.39, 0.29) is 24.4 Å². The molecular weight excluding hydrogens is 442 g/mol. The van der Waals surface area contributed by atoms with Crippen LogP contribution in [0, 0.1) is 11.3 Å².